The van der Waals surface area contributed by atoms with Gasteiger partial charge in [-0.25, -0.2) is 4.79 Å². The fourth-order valence-electron chi connectivity index (χ4n) is 1.05. The summed E-state index contributed by atoms with van der Waals surface area (Å²) < 4.78 is 0. The summed E-state index contributed by atoms with van der Waals surface area (Å²) in [5.74, 6) is -1.45. The Morgan fingerprint density at radius 1 is 1.27 bits per heavy atom. The first kappa shape index (κ1) is 13.2. The minimum atomic E-state index is -1.13. The van der Waals surface area contributed by atoms with Crippen LogP contribution in [0.1, 0.15) is 6.92 Å². The lowest BCUT2D eigenvalue weighted by Gasteiger charge is -2.19. The predicted molar refractivity (Wildman–Crippen MR) is 58.4 cm³/mol. The van der Waals surface area contributed by atoms with Crippen molar-refractivity contribution >= 4 is 11.9 Å². The Hall–Kier alpha value is -1.84. The summed E-state index contributed by atoms with van der Waals surface area (Å²) in [5, 5.41) is 8.49. The van der Waals surface area contributed by atoms with Crippen molar-refractivity contribution in [3.05, 3.63) is 37.0 Å². The first-order valence-corrected chi connectivity index (χ1v) is 4.45. The van der Waals surface area contributed by atoms with Gasteiger partial charge in [-0.05, 0) is 6.92 Å². The van der Waals surface area contributed by atoms with Crippen LogP contribution in [0.15, 0.2) is 37.0 Å². The van der Waals surface area contributed by atoms with Gasteiger partial charge in [-0.15, -0.1) is 13.2 Å². The minimum Gasteiger partial charge on any atom is -0.478 e. The van der Waals surface area contributed by atoms with E-state index in [-0.39, 0.29) is 11.5 Å². The second-order valence-electron chi connectivity index (χ2n) is 2.95. The third-order valence-corrected chi connectivity index (χ3v) is 1.66. The molecule has 0 aromatic carbocycles. The van der Waals surface area contributed by atoms with Crippen LogP contribution >= 0.6 is 0 Å². The highest BCUT2D eigenvalue weighted by Crippen LogP contribution is 2.01. The van der Waals surface area contributed by atoms with Gasteiger partial charge in [-0.3, -0.25) is 4.79 Å². The van der Waals surface area contributed by atoms with Crippen molar-refractivity contribution in [2.45, 2.75) is 6.92 Å². The zero-order chi connectivity index (χ0) is 11.8. The molecule has 0 rings (SSSR count). The first-order chi connectivity index (χ1) is 7.02. The SMILES string of the molecule is C=CCN(CC=C)C(=O)/C(C)=C/C(=O)O. The molecule has 0 atom stereocenters. The van der Waals surface area contributed by atoms with Gasteiger partial charge in [0.25, 0.3) is 0 Å². The average molecular weight is 209 g/mol. The van der Waals surface area contributed by atoms with E-state index in [4.69, 9.17) is 5.11 Å². The van der Waals surface area contributed by atoms with Gasteiger partial charge in [0.05, 0.1) is 0 Å². The largest absolute Gasteiger partial charge is 0.478 e. The lowest BCUT2D eigenvalue weighted by Crippen LogP contribution is -2.32. The molecule has 0 saturated heterocycles. The third kappa shape index (κ3) is 4.81. The van der Waals surface area contributed by atoms with Crippen LogP contribution in [0, 0.1) is 0 Å². The van der Waals surface area contributed by atoms with Gasteiger partial charge < -0.3 is 10.0 Å². The van der Waals surface area contributed by atoms with Crippen molar-refractivity contribution in [1.29, 1.82) is 0 Å². The van der Waals surface area contributed by atoms with Crippen LogP contribution in [0.4, 0.5) is 0 Å². The molecule has 0 bridgehead atoms. The van der Waals surface area contributed by atoms with Crippen molar-refractivity contribution in [2.75, 3.05) is 13.1 Å². The van der Waals surface area contributed by atoms with Crippen LogP contribution in [0.5, 0.6) is 0 Å². The van der Waals surface area contributed by atoms with Gasteiger partial charge in [0.15, 0.2) is 0 Å². The van der Waals surface area contributed by atoms with E-state index in [9.17, 15) is 9.59 Å². The molecule has 1 amide bonds. The van der Waals surface area contributed by atoms with Crippen molar-refractivity contribution in [2.24, 2.45) is 0 Å². The first-order valence-electron chi connectivity index (χ1n) is 4.45. The standard InChI is InChI=1S/C11H15NO3/c1-4-6-12(7-5-2)11(15)9(3)8-10(13)14/h4-5,8H,1-2,6-7H2,3H3,(H,13,14)/b9-8+. The smallest absolute Gasteiger partial charge is 0.328 e. The van der Waals surface area contributed by atoms with Crippen LogP contribution in [0.25, 0.3) is 0 Å². The lowest BCUT2D eigenvalue weighted by molar-refractivity contribution is -0.132. The summed E-state index contributed by atoms with van der Waals surface area (Å²) in [6.07, 6.45) is 4.05. The molecule has 0 aliphatic carbocycles. The number of carbonyl (C=O) groups is 2. The molecular weight excluding hydrogens is 194 g/mol. The predicted octanol–water partition coefficient (Wildman–Crippen LogP) is 1.22. The Bertz CT molecular complexity index is 295. The number of amides is 1. The Morgan fingerprint density at radius 3 is 2.07 bits per heavy atom. The summed E-state index contributed by atoms with van der Waals surface area (Å²) >= 11 is 0. The quantitative estimate of drug-likeness (QED) is 0.528. The maximum atomic E-state index is 11.7. The van der Waals surface area contributed by atoms with Gasteiger partial charge in [0.1, 0.15) is 0 Å². The van der Waals surface area contributed by atoms with E-state index in [2.05, 4.69) is 13.2 Å². The van der Waals surface area contributed by atoms with E-state index in [0.29, 0.717) is 13.1 Å². The summed E-state index contributed by atoms with van der Waals surface area (Å²) in [4.78, 5) is 23.5. The fraction of sp³-hybridized carbons (Fsp3) is 0.273. The molecular formula is C11H15NO3. The number of carboxylic acids is 1. The van der Waals surface area contributed by atoms with Gasteiger partial charge in [0.2, 0.25) is 5.91 Å². The maximum Gasteiger partial charge on any atom is 0.328 e. The molecule has 0 aliphatic rings. The van der Waals surface area contributed by atoms with Gasteiger partial charge in [0, 0.05) is 24.7 Å². The Balaban J connectivity index is 4.68. The van der Waals surface area contributed by atoms with E-state index in [1.54, 1.807) is 12.2 Å². The molecule has 4 heteroatoms. The zero-order valence-electron chi connectivity index (χ0n) is 8.77. The summed E-state index contributed by atoms with van der Waals surface area (Å²) in [7, 11) is 0. The molecule has 0 radical (unpaired) electrons. The summed E-state index contributed by atoms with van der Waals surface area (Å²) in [6, 6.07) is 0. The van der Waals surface area contributed by atoms with Gasteiger partial charge in [-0.2, -0.15) is 0 Å². The molecule has 0 spiro atoms. The fourth-order valence-corrected chi connectivity index (χ4v) is 1.05. The highest BCUT2D eigenvalue weighted by Gasteiger charge is 2.13. The monoisotopic (exact) mass is 209 g/mol. The Morgan fingerprint density at radius 2 is 1.73 bits per heavy atom. The molecule has 4 nitrogen and oxygen atoms in total. The number of rotatable bonds is 6. The van der Waals surface area contributed by atoms with Crippen LogP contribution in [-0.4, -0.2) is 35.0 Å². The summed E-state index contributed by atoms with van der Waals surface area (Å²) in [5.41, 5.74) is 0.186. The number of carbonyl (C=O) groups excluding carboxylic acids is 1. The molecule has 1 N–H and O–H groups in total. The van der Waals surface area contributed by atoms with E-state index in [0.717, 1.165) is 6.08 Å². The number of aliphatic carboxylic acids is 1. The zero-order valence-corrected chi connectivity index (χ0v) is 8.77. The highest BCUT2D eigenvalue weighted by molar-refractivity contribution is 5.98. The van der Waals surface area contributed by atoms with E-state index >= 15 is 0 Å². The van der Waals surface area contributed by atoms with Crippen LogP contribution in [0.3, 0.4) is 0 Å². The molecule has 0 fully saturated rings. The Kier molecular flexibility index (Phi) is 5.78. The molecule has 0 aromatic heterocycles. The van der Waals surface area contributed by atoms with Crippen molar-refractivity contribution in [3.8, 4) is 0 Å². The van der Waals surface area contributed by atoms with E-state index < -0.39 is 5.97 Å². The second kappa shape index (κ2) is 6.59. The normalized spacial score (nSPS) is 10.6. The molecule has 0 unspecified atom stereocenters. The number of hydrogen-bond acceptors (Lipinski definition) is 2. The van der Waals surface area contributed by atoms with Crippen LogP contribution in [0.2, 0.25) is 0 Å². The highest BCUT2D eigenvalue weighted by atomic mass is 16.4. The average Bonchev–Trinajstić information content (AvgIpc) is 2.15. The van der Waals surface area contributed by atoms with Crippen molar-refractivity contribution in [1.82, 2.24) is 4.90 Å². The third-order valence-electron chi connectivity index (χ3n) is 1.66. The molecule has 0 aliphatic heterocycles. The van der Waals surface area contributed by atoms with Gasteiger partial charge in [-0.1, -0.05) is 12.2 Å². The molecule has 0 saturated carbocycles. The molecule has 0 heterocycles. The number of carboxylic acid groups (broad SMARTS) is 1. The van der Waals surface area contributed by atoms with E-state index in [1.165, 1.54) is 11.8 Å². The molecule has 15 heavy (non-hydrogen) atoms. The second-order valence-corrected chi connectivity index (χ2v) is 2.95. The maximum absolute atomic E-state index is 11.7. The van der Waals surface area contributed by atoms with Crippen molar-refractivity contribution in [3.63, 3.8) is 0 Å². The van der Waals surface area contributed by atoms with Crippen LogP contribution in [-0.2, 0) is 9.59 Å². The number of nitrogens with zero attached hydrogens (tertiary/aromatic N) is 1. The minimum absolute atomic E-state index is 0.186. The lowest BCUT2D eigenvalue weighted by atomic mass is 10.2. The van der Waals surface area contributed by atoms with Crippen molar-refractivity contribution < 1.29 is 14.7 Å². The molecule has 82 valence electrons. The molecule has 0 aromatic rings. The number of hydrogen-bond donors (Lipinski definition) is 1. The van der Waals surface area contributed by atoms with Gasteiger partial charge >= 0.3 is 5.97 Å². The van der Waals surface area contributed by atoms with E-state index in [1.807, 2.05) is 0 Å². The summed E-state index contributed by atoms with van der Waals surface area (Å²) in [6.45, 7) is 9.25. The topological polar surface area (TPSA) is 57.6 Å². The van der Waals surface area contributed by atoms with Crippen LogP contribution < -0.4 is 0 Å². The Labute approximate surface area is 89.2 Å².